The highest BCUT2D eigenvalue weighted by atomic mass is 19.1. The molecule has 0 radical (unpaired) electrons. The fourth-order valence-corrected chi connectivity index (χ4v) is 6.00. The summed E-state index contributed by atoms with van der Waals surface area (Å²) in [7, 11) is 1.98. The number of nitrogens with two attached hydrogens (primary N) is 1. The lowest BCUT2D eigenvalue weighted by Gasteiger charge is -2.30. The number of aromatic nitrogens is 5. The Balaban J connectivity index is 1.28. The maximum Gasteiger partial charge on any atom is 0.256 e. The van der Waals surface area contributed by atoms with Crippen molar-refractivity contribution >= 4 is 27.8 Å². The molecule has 11 heteroatoms. The molecule has 2 atom stereocenters. The minimum Gasteiger partial charge on any atom is -0.456 e. The van der Waals surface area contributed by atoms with Crippen molar-refractivity contribution in [3.63, 3.8) is 0 Å². The van der Waals surface area contributed by atoms with Gasteiger partial charge in [0, 0.05) is 50.0 Å². The summed E-state index contributed by atoms with van der Waals surface area (Å²) in [6.07, 6.45) is 6.31. The molecule has 2 aromatic carbocycles. The van der Waals surface area contributed by atoms with Crippen LogP contribution in [0.3, 0.4) is 0 Å². The third-order valence-corrected chi connectivity index (χ3v) is 8.35. The van der Waals surface area contributed by atoms with Gasteiger partial charge in [0.2, 0.25) is 0 Å². The average molecular weight is 574 g/mol. The highest BCUT2D eigenvalue weighted by Gasteiger charge is 2.29. The molecule has 2 N–H and O–H groups in total. The SMILES string of the molecule is Cn1c(-c2cc3cccc(OC(F)Cn4ccnc4)c3n2CC2CC2)nc2cc3c(cc21)CCN(CC(N)CF)C3=O. The van der Waals surface area contributed by atoms with E-state index in [4.69, 9.17) is 15.5 Å². The van der Waals surface area contributed by atoms with Gasteiger partial charge in [0.15, 0.2) is 5.82 Å². The van der Waals surface area contributed by atoms with Crippen LogP contribution in [0.4, 0.5) is 8.78 Å². The van der Waals surface area contributed by atoms with E-state index in [1.54, 1.807) is 28.2 Å². The number of benzene rings is 2. The Kier molecular flexibility index (Phi) is 6.69. The van der Waals surface area contributed by atoms with Gasteiger partial charge in [-0.3, -0.25) is 4.79 Å². The largest absolute Gasteiger partial charge is 0.456 e. The Hall–Kier alpha value is -4.25. The maximum atomic E-state index is 15.1. The molecule has 1 fully saturated rings. The number of fused-ring (bicyclic) bond motifs is 3. The number of imidazole rings is 2. The van der Waals surface area contributed by atoms with Gasteiger partial charge < -0.3 is 29.1 Å². The molecule has 1 aliphatic carbocycles. The molecule has 42 heavy (non-hydrogen) atoms. The van der Waals surface area contributed by atoms with E-state index in [0.29, 0.717) is 35.7 Å². The molecule has 7 rings (SSSR count). The monoisotopic (exact) mass is 573 g/mol. The Morgan fingerprint density at radius 1 is 1.19 bits per heavy atom. The molecule has 1 saturated carbocycles. The molecule has 0 saturated heterocycles. The number of hydrogen-bond acceptors (Lipinski definition) is 5. The van der Waals surface area contributed by atoms with Gasteiger partial charge in [0.25, 0.3) is 12.3 Å². The van der Waals surface area contributed by atoms with Crippen LogP contribution in [0.15, 0.2) is 55.1 Å². The van der Waals surface area contributed by atoms with Crippen LogP contribution >= 0.6 is 0 Å². The highest BCUT2D eigenvalue weighted by molar-refractivity contribution is 6.01. The number of carbonyl (C=O) groups excluding carboxylic acids is 1. The first-order chi connectivity index (χ1) is 20.4. The van der Waals surface area contributed by atoms with Crippen LogP contribution in [-0.2, 0) is 26.6 Å². The quantitative estimate of drug-likeness (QED) is 0.266. The Labute approximate surface area is 241 Å². The standard InChI is InChI=1S/C31H33F2N7O2/c1-37-25-11-20-7-9-39(16-22(34)14-32)31(41)23(20)13-24(25)36-30(37)26-12-21-3-2-4-27(29(21)40(26)15-19-5-6-19)42-28(33)17-38-10-8-35-18-38/h2-4,8,10-13,18-19,22,28H,5-7,9,14-17,34H2,1H3. The molecular weight excluding hydrogens is 540 g/mol. The summed E-state index contributed by atoms with van der Waals surface area (Å²) in [6, 6.07) is 11.0. The van der Waals surface area contributed by atoms with Gasteiger partial charge in [0.1, 0.15) is 12.4 Å². The normalized spacial score (nSPS) is 16.8. The number of hydrogen-bond donors (Lipinski definition) is 1. The first-order valence-electron chi connectivity index (χ1n) is 14.4. The van der Waals surface area contributed by atoms with Gasteiger partial charge in [0.05, 0.1) is 41.2 Å². The zero-order valence-electron chi connectivity index (χ0n) is 23.4. The van der Waals surface area contributed by atoms with E-state index in [1.807, 2.05) is 37.4 Å². The molecule has 1 amide bonds. The summed E-state index contributed by atoms with van der Waals surface area (Å²) in [4.78, 5) is 23.9. The molecule has 4 heterocycles. The average Bonchev–Trinajstić information content (AvgIpc) is 3.36. The van der Waals surface area contributed by atoms with Crippen molar-refractivity contribution in [3.05, 3.63) is 66.2 Å². The number of ether oxygens (including phenoxy) is 1. The summed E-state index contributed by atoms with van der Waals surface area (Å²) in [6.45, 7) is 0.841. The molecule has 3 aromatic heterocycles. The van der Waals surface area contributed by atoms with Gasteiger partial charge in [-0.2, -0.15) is 4.39 Å². The Bertz CT molecular complexity index is 1770. The van der Waals surface area contributed by atoms with Gasteiger partial charge in [-0.25, -0.2) is 14.4 Å². The fourth-order valence-electron chi connectivity index (χ4n) is 6.00. The lowest BCUT2D eigenvalue weighted by atomic mass is 9.97. The molecule has 2 unspecified atom stereocenters. The van der Waals surface area contributed by atoms with Crippen molar-refractivity contribution in [2.45, 2.75) is 44.8 Å². The van der Waals surface area contributed by atoms with Gasteiger partial charge in [-0.1, -0.05) is 12.1 Å². The maximum absolute atomic E-state index is 15.1. The predicted octanol–water partition coefficient (Wildman–Crippen LogP) is 4.47. The molecule has 5 aromatic rings. The van der Waals surface area contributed by atoms with Crippen LogP contribution in [-0.4, -0.2) is 66.6 Å². The summed E-state index contributed by atoms with van der Waals surface area (Å²) in [5.41, 5.74) is 10.7. The molecule has 0 bridgehead atoms. The number of aryl methyl sites for hydroxylation is 1. The van der Waals surface area contributed by atoms with Crippen molar-refractivity contribution in [1.29, 1.82) is 0 Å². The van der Waals surface area contributed by atoms with Crippen LogP contribution < -0.4 is 10.5 Å². The van der Waals surface area contributed by atoms with Crippen LogP contribution in [0, 0.1) is 5.92 Å². The molecule has 1 aliphatic heterocycles. The lowest BCUT2D eigenvalue weighted by molar-refractivity contribution is 0.0523. The van der Waals surface area contributed by atoms with E-state index in [1.165, 1.54) is 0 Å². The van der Waals surface area contributed by atoms with Crippen molar-refractivity contribution in [3.8, 4) is 17.3 Å². The van der Waals surface area contributed by atoms with Crippen molar-refractivity contribution in [1.82, 2.24) is 28.6 Å². The van der Waals surface area contributed by atoms with E-state index in [-0.39, 0.29) is 19.0 Å². The first kappa shape index (κ1) is 26.6. The van der Waals surface area contributed by atoms with Crippen LogP contribution in [0.2, 0.25) is 0 Å². The summed E-state index contributed by atoms with van der Waals surface area (Å²) < 4.78 is 39.9. The number of nitrogens with zero attached hydrogens (tertiary/aromatic N) is 6. The molecule has 2 aliphatic rings. The van der Waals surface area contributed by atoms with E-state index in [2.05, 4.69) is 20.2 Å². The van der Waals surface area contributed by atoms with E-state index >= 15 is 4.39 Å². The number of amides is 1. The highest BCUT2D eigenvalue weighted by Crippen LogP contribution is 2.40. The second-order valence-corrected chi connectivity index (χ2v) is 11.5. The van der Waals surface area contributed by atoms with Crippen molar-refractivity contribution in [2.75, 3.05) is 19.8 Å². The first-order valence-corrected chi connectivity index (χ1v) is 14.4. The minimum absolute atomic E-state index is 0.0395. The predicted molar refractivity (Wildman–Crippen MR) is 156 cm³/mol. The van der Waals surface area contributed by atoms with Gasteiger partial charge in [-0.05, 0) is 55.0 Å². The number of rotatable bonds is 10. The number of para-hydroxylation sites is 1. The van der Waals surface area contributed by atoms with Crippen LogP contribution in [0.25, 0.3) is 33.5 Å². The molecular formula is C31H33F2N7O2. The fraction of sp³-hybridized carbons (Fsp3) is 0.387. The third kappa shape index (κ3) is 4.81. The van der Waals surface area contributed by atoms with Crippen molar-refractivity contribution in [2.24, 2.45) is 18.7 Å². The smallest absolute Gasteiger partial charge is 0.256 e. The van der Waals surface area contributed by atoms with Crippen molar-refractivity contribution < 1.29 is 18.3 Å². The Morgan fingerprint density at radius 3 is 2.81 bits per heavy atom. The summed E-state index contributed by atoms with van der Waals surface area (Å²) in [5, 5.41) is 0.944. The molecule has 9 nitrogen and oxygen atoms in total. The van der Waals surface area contributed by atoms with E-state index in [0.717, 1.165) is 52.9 Å². The zero-order chi connectivity index (χ0) is 29.0. The summed E-state index contributed by atoms with van der Waals surface area (Å²) >= 11 is 0. The number of halogens is 2. The number of carbonyl (C=O) groups is 1. The van der Waals surface area contributed by atoms with E-state index in [9.17, 15) is 9.18 Å². The van der Waals surface area contributed by atoms with E-state index < -0.39 is 19.1 Å². The Morgan fingerprint density at radius 2 is 2.05 bits per heavy atom. The summed E-state index contributed by atoms with van der Waals surface area (Å²) in [5.74, 6) is 1.64. The third-order valence-electron chi connectivity index (χ3n) is 8.35. The molecule has 218 valence electrons. The zero-order valence-corrected chi connectivity index (χ0v) is 23.4. The molecule has 0 spiro atoms. The lowest BCUT2D eigenvalue weighted by Crippen LogP contribution is -2.45. The van der Waals surface area contributed by atoms with Gasteiger partial charge >= 0.3 is 0 Å². The minimum atomic E-state index is -1.55. The second-order valence-electron chi connectivity index (χ2n) is 11.5. The van der Waals surface area contributed by atoms with Crippen LogP contribution in [0.1, 0.15) is 28.8 Å². The second kappa shape index (κ2) is 10.5. The van der Waals surface area contributed by atoms with Gasteiger partial charge in [-0.15, -0.1) is 0 Å². The van der Waals surface area contributed by atoms with Crippen LogP contribution in [0.5, 0.6) is 5.75 Å². The topological polar surface area (TPSA) is 96.1 Å². The number of alkyl halides is 2.